The predicted molar refractivity (Wildman–Crippen MR) is 266 cm³/mol. The molecule has 0 heterocycles. The molecular formula is C52H58Cl4P2. The highest BCUT2D eigenvalue weighted by Crippen LogP contribution is 2.52. The molecule has 0 aliphatic heterocycles. The summed E-state index contributed by atoms with van der Waals surface area (Å²) < 4.78 is 0. The van der Waals surface area contributed by atoms with Gasteiger partial charge in [0.25, 0.3) is 0 Å². The van der Waals surface area contributed by atoms with Gasteiger partial charge in [-0.3, -0.25) is 0 Å². The summed E-state index contributed by atoms with van der Waals surface area (Å²) in [6.07, 6.45) is 0. The number of hydrogen-bond acceptors (Lipinski definition) is 0. The third kappa shape index (κ3) is 11.4. The molecule has 0 nitrogen and oxygen atoms in total. The standard InChI is InChI=1S/2C26H29Cl2P/c2*1-25(2,3)20-14-10-18(11-15-20)22-8-7-9-23(24(22)29(27)28)19-12-16-21(17-13-19)26(4,5)6/h2*7-17H,1-6H3. The van der Waals surface area contributed by atoms with Crippen molar-refractivity contribution in [2.45, 2.75) is 105 Å². The second-order valence-corrected chi connectivity index (χ2v) is 26.1. The van der Waals surface area contributed by atoms with Crippen LogP contribution >= 0.6 is 58.2 Å². The maximum absolute atomic E-state index is 6.55. The number of halogens is 4. The van der Waals surface area contributed by atoms with Crippen LogP contribution < -0.4 is 10.6 Å². The largest absolute Gasteiger partial charge is 0.118 e. The summed E-state index contributed by atoms with van der Waals surface area (Å²) in [4.78, 5) is 0. The Morgan fingerprint density at radius 1 is 0.276 bits per heavy atom. The SMILES string of the molecule is CC(C)(C)c1ccc(-c2cccc(-c3ccc(C(C)(C)C)cc3)c2P(Cl)Cl)cc1.CC(C)(C)c1ccc(-c2cccc(-c3ccc(C(C)(C)C)cc3)c2P(Cl)Cl)cc1. The van der Waals surface area contributed by atoms with E-state index in [4.69, 9.17) is 45.0 Å². The molecule has 0 fully saturated rings. The van der Waals surface area contributed by atoms with Gasteiger partial charge in [-0.15, -0.1) is 0 Å². The molecule has 0 saturated heterocycles. The van der Waals surface area contributed by atoms with Gasteiger partial charge in [0.05, 0.1) is 0 Å². The van der Waals surface area contributed by atoms with Crippen LogP contribution in [0.5, 0.6) is 0 Å². The van der Waals surface area contributed by atoms with Crippen LogP contribution in [-0.2, 0) is 21.7 Å². The summed E-state index contributed by atoms with van der Waals surface area (Å²) in [6, 6.07) is 47.7. The van der Waals surface area contributed by atoms with E-state index in [1.165, 1.54) is 22.3 Å². The average Bonchev–Trinajstić information content (AvgIpc) is 3.16. The van der Waals surface area contributed by atoms with Gasteiger partial charge >= 0.3 is 0 Å². The first-order valence-corrected chi connectivity index (χ1v) is 26.2. The van der Waals surface area contributed by atoms with Crippen LogP contribution in [0, 0.1) is 0 Å². The van der Waals surface area contributed by atoms with Gasteiger partial charge in [-0.1, -0.05) is 262 Å². The van der Waals surface area contributed by atoms with E-state index in [1.54, 1.807) is 0 Å². The minimum Gasteiger partial charge on any atom is -0.0727 e. The zero-order valence-electron chi connectivity index (χ0n) is 36.1. The van der Waals surface area contributed by atoms with Crippen LogP contribution in [0.3, 0.4) is 0 Å². The zero-order valence-corrected chi connectivity index (χ0v) is 40.9. The molecule has 0 spiro atoms. The fourth-order valence-electron chi connectivity index (χ4n) is 6.98. The average molecular weight is 887 g/mol. The Bertz CT molecular complexity index is 1960. The molecule has 0 N–H and O–H groups in total. The number of benzene rings is 6. The molecule has 6 aromatic carbocycles. The van der Waals surface area contributed by atoms with E-state index in [0.29, 0.717) is 0 Å². The maximum atomic E-state index is 6.55. The molecule has 6 aromatic rings. The molecule has 0 bridgehead atoms. The third-order valence-electron chi connectivity index (χ3n) is 10.7. The van der Waals surface area contributed by atoms with E-state index in [2.05, 4.69) is 217 Å². The predicted octanol–water partition coefficient (Wildman–Crippen LogP) is 18.1. The van der Waals surface area contributed by atoms with Crippen molar-refractivity contribution >= 4 is 68.8 Å². The molecular weight excluding hydrogens is 828 g/mol. The van der Waals surface area contributed by atoms with Crippen molar-refractivity contribution < 1.29 is 0 Å². The van der Waals surface area contributed by atoms with Gasteiger partial charge in [-0.25, -0.2) is 0 Å². The van der Waals surface area contributed by atoms with Crippen molar-refractivity contribution in [3.05, 3.63) is 156 Å². The Hall–Kier alpha value is -2.66. The second-order valence-electron chi connectivity index (χ2n) is 19.2. The lowest BCUT2D eigenvalue weighted by Gasteiger charge is -2.21. The van der Waals surface area contributed by atoms with Crippen molar-refractivity contribution in [2.24, 2.45) is 0 Å². The van der Waals surface area contributed by atoms with E-state index in [1.807, 2.05) is 0 Å². The fourth-order valence-corrected chi connectivity index (χ4v) is 10.7. The Morgan fingerprint density at radius 2 is 0.448 bits per heavy atom. The van der Waals surface area contributed by atoms with Crippen LogP contribution in [0.2, 0.25) is 0 Å². The lowest BCUT2D eigenvalue weighted by atomic mass is 9.85. The van der Waals surface area contributed by atoms with Crippen molar-refractivity contribution in [1.29, 1.82) is 0 Å². The van der Waals surface area contributed by atoms with Gasteiger partial charge in [-0.05, 0) is 88.4 Å². The molecule has 0 saturated carbocycles. The molecule has 6 heteroatoms. The highest BCUT2D eigenvalue weighted by Gasteiger charge is 2.22. The summed E-state index contributed by atoms with van der Waals surface area (Å²) in [5.41, 5.74) is 14.8. The van der Waals surface area contributed by atoms with Crippen molar-refractivity contribution in [1.82, 2.24) is 0 Å². The Balaban J connectivity index is 0.000000221. The molecule has 0 aromatic heterocycles. The van der Waals surface area contributed by atoms with Gasteiger partial charge in [0, 0.05) is 10.6 Å². The molecule has 0 radical (unpaired) electrons. The summed E-state index contributed by atoms with van der Waals surface area (Å²) in [6.45, 7) is 24.1. The number of hydrogen-bond donors (Lipinski definition) is 0. The van der Waals surface area contributed by atoms with Gasteiger partial charge in [-0.2, -0.15) is 0 Å². The zero-order chi connectivity index (χ0) is 42.8. The molecule has 304 valence electrons. The van der Waals surface area contributed by atoms with Crippen molar-refractivity contribution in [3.63, 3.8) is 0 Å². The normalized spacial score (nSPS) is 12.4. The lowest BCUT2D eigenvalue weighted by Crippen LogP contribution is -2.11. The Labute approximate surface area is 371 Å². The summed E-state index contributed by atoms with van der Waals surface area (Å²) >= 11 is 26.2. The Morgan fingerprint density at radius 3 is 0.586 bits per heavy atom. The van der Waals surface area contributed by atoms with E-state index < -0.39 is 13.3 Å². The Kier molecular flexibility index (Phi) is 14.8. The highest BCUT2D eigenvalue weighted by molar-refractivity contribution is 8.09. The van der Waals surface area contributed by atoms with Crippen LogP contribution in [0.1, 0.15) is 105 Å². The first kappa shape index (κ1) is 46.4. The molecule has 0 amide bonds. The first-order chi connectivity index (χ1) is 27.0. The molecule has 0 aliphatic carbocycles. The summed E-state index contributed by atoms with van der Waals surface area (Å²) in [7, 11) is 0. The summed E-state index contributed by atoms with van der Waals surface area (Å²) in [5.74, 6) is 0. The number of rotatable bonds is 6. The quantitative estimate of drug-likeness (QED) is 0.146. The molecule has 0 aliphatic rings. The second kappa shape index (κ2) is 18.5. The smallest absolute Gasteiger partial charge is 0.0727 e. The minimum absolute atomic E-state index is 0.129. The molecule has 0 unspecified atom stereocenters. The third-order valence-corrected chi connectivity index (χ3v) is 14.3. The van der Waals surface area contributed by atoms with Gasteiger partial charge in [0.2, 0.25) is 0 Å². The van der Waals surface area contributed by atoms with E-state index in [9.17, 15) is 0 Å². The van der Waals surface area contributed by atoms with E-state index in [-0.39, 0.29) is 21.7 Å². The minimum atomic E-state index is -1.30. The van der Waals surface area contributed by atoms with Gasteiger partial charge in [0.15, 0.2) is 0 Å². The van der Waals surface area contributed by atoms with E-state index in [0.717, 1.165) is 55.1 Å². The first-order valence-electron chi connectivity index (χ1n) is 19.9. The highest BCUT2D eigenvalue weighted by atomic mass is 35.9. The lowest BCUT2D eigenvalue weighted by molar-refractivity contribution is 0.590. The van der Waals surface area contributed by atoms with Crippen LogP contribution in [0.15, 0.2) is 133 Å². The summed E-state index contributed by atoms with van der Waals surface area (Å²) in [5, 5.41) is 2.05. The fraction of sp³-hybridized carbons (Fsp3) is 0.308. The van der Waals surface area contributed by atoms with E-state index >= 15 is 0 Å². The van der Waals surface area contributed by atoms with Crippen molar-refractivity contribution in [2.75, 3.05) is 0 Å². The van der Waals surface area contributed by atoms with Crippen LogP contribution in [-0.4, -0.2) is 0 Å². The van der Waals surface area contributed by atoms with Gasteiger partial charge < -0.3 is 0 Å². The van der Waals surface area contributed by atoms with Crippen molar-refractivity contribution in [3.8, 4) is 44.5 Å². The van der Waals surface area contributed by atoms with Gasteiger partial charge in [0.1, 0.15) is 13.3 Å². The maximum Gasteiger partial charge on any atom is 0.118 e. The molecule has 58 heavy (non-hydrogen) atoms. The molecule has 0 atom stereocenters. The molecule has 6 rings (SSSR count). The topological polar surface area (TPSA) is 0 Å². The van der Waals surface area contributed by atoms with Crippen LogP contribution in [0.25, 0.3) is 44.5 Å². The van der Waals surface area contributed by atoms with Crippen LogP contribution in [0.4, 0.5) is 0 Å². The monoisotopic (exact) mass is 884 g/mol.